The molecule has 2 aromatic heterocycles. The Morgan fingerprint density at radius 1 is 1.41 bits per heavy atom. The van der Waals surface area contributed by atoms with E-state index < -0.39 is 0 Å². The van der Waals surface area contributed by atoms with Gasteiger partial charge in [-0.3, -0.25) is 4.98 Å². The van der Waals surface area contributed by atoms with Crippen molar-refractivity contribution in [2.24, 2.45) is 0 Å². The van der Waals surface area contributed by atoms with Crippen LogP contribution < -0.4 is 0 Å². The van der Waals surface area contributed by atoms with Gasteiger partial charge in [0, 0.05) is 35.5 Å². The SMILES string of the molecule is COC(C)c1nc(CSc2ccncc2)cs1. The van der Waals surface area contributed by atoms with Crippen LogP contribution in [0.15, 0.2) is 34.8 Å². The second-order valence-electron chi connectivity index (χ2n) is 3.53. The highest BCUT2D eigenvalue weighted by molar-refractivity contribution is 7.98. The average molecular weight is 266 g/mol. The lowest BCUT2D eigenvalue weighted by atomic mass is 10.4. The Morgan fingerprint density at radius 3 is 2.88 bits per heavy atom. The zero-order chi connectivity index (χ0) is 12.1. The number of hydrogen-bond donors (Lipinski definition) is 0. The summed E-state index contributed by atoms with van der Waals surface area (Å²) in [4.78, 5) is 9.77. The summed E-state index contributed by atoms with van der Waals surface area (Å²) >= 11 is 3.43. The van der Waals surface area contributed by atoms with Gasteiger partial charge in [-0.2, -0.15) is 0 Å². The first-order valence-corrected chi connectivity index (χ1v) is 7.16. The average Bonchev–Trinajstić information content (AvgIpc) is 2.85. The molecule has 0 bridgehead atoms. The van der Waals surface area contributed by atoms with Gasteiger partial charge in [-0.05, 0) is 19.1 Å². The van der Waals surface area contributed by atoms with Gasteiger partial charge < -0.3 is 4.74 Å². The Bertz CT molecular complexity index is 459. The number of thioether (sulfide) groups is 1. The van der Waals surface area contributed by atoms with E-state index in [1.807, 2.05) is 31.5 Å². The lowest BCUT2D eigenvalue weighted by Crippen LogP contribution is -1.94. The number of aromatic nitrogens is 2. The van der Waals surface area contributed by atoms with Crippen molar-refractivity contribution < 1.29 is 4.74 Å². The summed E-state index contributed by atoms with van der Waals surface area (Å²) in [6.07, 6.45) is 3.70. The minimum Gasteiger partial charge on any atom is -0.375 e. The molecular weight excluding hydrogens is 252 g/mol. The number of nitrogens with zero attached hydrogens (tertiary/aromatic N) is 2. The minimum absolute atomic E-state index is 0.0830. The number of ether oxygens (including phenoxy) is 1. The lowest BCUT2D eigenvalue weighted by Gasteiger charge is -2.03. The molecule has 0 fully saturated rings. The van der Waals surface area contributed by atoms with Gasteiger partial charge >= 0.3 is 0 Å². The fourth-order valence-corrected chi connectivity index (χ4v) is 3.00. The Labute approximate surface area is 109 Å². The first-order valence-electron chi connectivity index (χ1n) is 5.29. The zero-order valence-corrected chi connectivity index (χ0v) is 11.4. The van der Waals surface area contributed by atoms with Gasteiger partial charge in [-0.25, -0.2) is 4.98 Å². The molecule has 2 rings (SSSR count). The summed E-state index contributed by atoms with van der Waals surface area (Å²) in [5.41, 5.74) is 1.11. The standard InChI is InChI=1S/C12H14N2OS2/c1-9(15-2)12-14-10(8-17-12)7-16-11-3-5-13-6-4-11/h3-6,8-9H,7H2,1-2H3. The monoisotopic (exact) mass is 266 g/mol. The van der Waals surface area contributed by atoms with Gasteiger partial charge in [0.25, 0.3) is 0 Å². The molecule has 0 aliphatic rings. The summed E-state index contributed by atoms with van der Waals surface area (Å²) in [7, 11) is 1.71. The van der Waals surface area contributed by atoms with Gasteiger partial charge in [0.15, 0.2) is 0 Å². The van der Waals surface area contributed by atoms with Crippen LogP contribution in [0.25, 0.3) is 0 Å². The number of thiazole rings is 1. The highest BCUT2D eigenvalue weighted by atomic mass is 32.2. The maximum absolute atomic E-state index is 5.25. The number of rotatable bonds is 5. The van der Waals surface area contributed by atoms with Crippen molar-refractivity contribution in [1.82, 2.24) is 9.97 Å². The first kappa shape index (κ1) is 12.5. The molecule has 0 radical (unpaired) electrons. The van der Waals surface area contributed by atoms with Crippen molar-refractivity contribution in [1.29, 1.82) is 0 Å². The van der Waals surface area contributed by atoms with Crippen molar-refractivity contribution in [2.75, 3.05) is 7.11 Å². The zero-order valence-electron chi connectivity index (χ0n) is 9.79. The smallest absolute Gasteiger partial charge is 0.122 e. The van der Waals surface area contributed by atoms with E-state index in [-0.39, 0.29) is 6.10 Å². The Hall–Kier alpha value is -0.910. The summed E-state index contributed by atoms with van der Waals surface area (Å²) in [6.45, 7) is 2.01. The van der Waals surface area contributed by atoms with E-state index >= 15 is 0 Å². The van der Waals surface area contributed by atoms with Crippen LogP contribution in [0.2, 0.25) is 0 Å². The van der Waals surface area contributed by atoms with E-state index in [0.29, 0.717) is 0 Å². The molecule has 0 aliphatic carbocycles. The van der Waals surface area contributed by atoms with Gasteiger partial charge in [0.1, 0.15) is 11.1 Å². The molecule has 1 atom stereocenters. The molecule has 3 nitrogen and oxygen atoms in total. The maximum Gasteiger partial charge on any atom is 0.122 e. The molecule has 1 unspecified atom stereocenters. The fraction of sp³-hybridized carbons (Fsp3) is 0.333. The van der Waals surface area contributed by atoms with Crippen LogP contribution in [0.4, 0.5) is 0 Å². The van der Waals surface area contributed by atoms with Crippen molar-refractivity contribution >= 4 is 23.1 Å². The predicted octanol–water partition coefficient (Wildman–Crippen LogP) is 3.54. The van der Waals surface area contributed by atoms with E-state index in [4.69, 9.17) is 4.74 Å². The Balaban J connectivity index is 1.94. The highest BCUT2D eigenvalue weighted by Crippen LogP contribution is 2.25. The molecule has 0 aromatic carbocycles. The highest BCUT2D eigenvalue weighted by Gasteiger charge is 2.09. The molecule has 0 saturated heterocycles. The number of methoxy groups -OCH3 is 1. The van der Waals surface area contributed by atoms with Crippen LogP contribution >= 0.6 is 23.1 Å². The van der Waals surface area contributed by atoms with E-state index in [9.17, 15) is 0 Å². The predicted molar refractivity (Wildman–Crippen MR) is 71.3 cm³/mol. The number of hydrogen-bond acceptors (Lipinski definition) is 5. The summed E-state index contributed by atoms with van der Waals surface area (Å²) in [6, 6.07) is 4.02. The second-order valence-corrected chi connectivity index (χ2v) is 5.47. The topological polar surface area (TPSA) is 35.0 Å². The first-order chi connectivity index (χ1) is 8.29. The minimum atomic E-state index is 0.0830. The largest absolute Gasteiger partial charge is 0.375 e. The molecule has 0 spiro atoms. The molecular formula is C12H14N2OS2. The van der Waals surface area contributed by atoms with Gasteiger partial charge in [0.2, 0.25) is 0 Å². The van der Waals surface area contributed by atoms with Crippen LogP contribution in [0.1, 0.15) is 23.7 Å². The van der Waals surface area contributed by atoms with Crippen molar-refractivity contribution in [3.8, 4) is 0 Å². The fourth-order valence-electron chi connectivity index (χ4n) is 1.27. The third-order valence-electron chi connectivity index (χ3n) is 2.31. The number of pyridine rings is 1. The third kappa shape index (κ3) is 3.52. The van der Waals surface area contributed by atoms with Gasteiger partial charge in [-0.15, -0.1) is 23.1 Å². The molecule has 2 heterocycles. The molecule has 17 heavy (non-hydrogen) atoms. The second kappa shape index (κ2) is 6.14. The normalized spacial score (nSPS) is 12.6. The summed E-state index contributed by atoms with van der Waals surface area (Å²) in [5.74, 6) is 0.886. The van der Waals surface area contributed by atoms with Crippen LogP contribution in [-0.2, 0) is 10.5 Å². The molecule has 0 saturated carbocycles. The molecule has 0 N–H and O–H groups in total. The molecule has 0 amide bonds. The van der Waals surface area contributed by atoms with E-state index in [0.717, 1.165) is 16.5 Å². The lowest BCUT2D eigenvalue weighted by molar-refractivity contribution is 0.119. The van der Waals surface area contributed by atoms with Crippen molar-refractivity contribution in [2.45, 2.75) is 23.7 Å². The van der Waals surface area contributed by atoms with E-state index in [1.54, 1.807) is 30.2 Å². The summed E-state index contributed by atoms with van der Waals surface area (Å²) in [5, 5.41) is 3.14. The Kier molecular flexibility index (Phi) is 4.53. The van der Waals surface area contributed by atoms with Crippen molar-refractivity contribution in [3.05, 3.63) is 40.6 Å². The third-order valence-corrected chi connectivity index (χ3v) is 4.41. The summed E-state index contributed by atoms with van der Waals surface area (Å²) < 4.78 is 5.25. The van der Waals surface area contributed by atoms with E-state index in [1.165, 1.54) is 4.90 Å². The Morgan fingerprint density at radius 2 is 2.18 bits per heavy atom. The van der Waals surface area contributed by atoms with Crippen LogP contribution in [0.5, 0.6) is 0 Å². The van der Waals surface area contributed by atoms with Crippen LogP contribution in [-0.4, -0.2) is 17.1 Å². The molecule has 2 aromatic rings. The molecule has 0 aliphatic heterocycles. The van der Waals surface area contributed by atoms with Gasteiger partial charge in [0.05, 0.1) is 5.69 Å². The van der Waals surface area contributed by atoms with E-state index in [2.05, 4.69) is 15.3 Å². The van der Waals surface area contributed by atoms with Crippen LogP contribution in [0.3, 0.4) is 0 Å². The molecule has 5 heteroatoms. The van der Waals surface area contributed by atoms with Crippen LogP contribution in [0, 0.1) is 0 Å². The maximum atomic E-state index is 5.25. The molecule has 90 valence electrons. The van der Waals surface area contributed by atoms with Gasteiger partial charge in [-0.1, -0.05) is 0 Å². The quantitative estimate of drug-likeness (QED) is 0.775. The van der Waals surface area contributed by atoms with Crippen molar-refractivity contribution in [3.63, 3.8) is 0 Å².